The third kappa shape index (κ3) is 4.66. The highest BCUT2D eigenvalue weighted by Gasteiger charge is 2.24. The van der Waals surface area contributed by atoms with Gasteiger partial charge in [0.05, 0.1) is 17.8 Å². The van der Waals surface area contributed by atoms with Crippen molar-refractivity contribution in [3.8, 4) is 17.1 Å². The third-order valence-electron chi connectivity index (χ3n) is 3.98. The van der Waals surface area contributed by atoms with E-state index >= 15 is 0 Å². The molecule has 9 nitrogen and oxygen atoms in total. The molecule has 1 amide bonds. The summed E-state index contributed by atoms with van der Waals surface area (Å²) in [4.78, 5) is 35.4. The van der Waals surface area contributed by atoms with Crippen LogP contribution in [0.1, 0.15) is 22.8 Å². The van der Waals surface area contributed by atoms with Crippen LogP contribution in [-0.2, 0) is 9.53 Å². The van der Waals surface area contributed by atoms with E-state index in [1.807, 2.05) is 0 Å². The number of hydrogen-bond donors (Lipinski definition) is 1. The summed E-state index contributed by atoms with van der Waals surface area (Å²) in [5, 5.41) is 15.7. The standard InChI is InChI=1S/C20H18N2O7S/c1-3-27-20(24)18-13(15-5-4-8-28-15)11-30-19(18)21-17(23)10-29-16-9-12(2)6-7-14(16)22(25)26/h4-9,11H,3,10H2,1-2H3,(H,21,23). The van der Waals surface area contributed by atoms with Crippen molar-refractivity contribution in [2.75, 3.05) is 18.5 Å². The number of carbonyl (C=O) groups excluding carboxylic acids is 2. The summed E-state index contributed by atoms with van der Waals surface area (Å²) in [6.07, 6.45) is 1.47. The normalized spacial score (nSPS) is 10.5. The minimum atomic E-state index is -0.601. The molecule has 0 atom stereocenters. The number of amides is 1. The molecular formula is C20H18N2O7S. The number of nitro benzene ring substituents is 1. The Morgan fingerprint density at radius 2 is 2.10 bits per heavy atom. The van der Waals surface area contributed by atoms with Gasteiger partial charge >= 0.3 is 11.7 Å². The van der Waals surface area contributed by atoms with Gasteiger partial charge in [-0.1, -0.05) is 6.07 Å². The number of ether oxygens (including phenoxy) is 2. The molecule has 0 aliphatic carbocycles. The second-order valence-corrected chi connectivity index (χ2v) is 7.00. The predicted octanol–water partition coefficient (Wildman–Crippen LogP) is 4.42. The maximum Gasteiger partial charge on any atom is 0.341 e. The summed E-state index contributed by atoms with van der Waals surface area (Å²) in [7, 11) is 0. The number of benzene rings is 1. The molecule has 0 saturated carbocycles. The van der Waals surface area contributed by atoms with Crippen LogP contribution in [0, 0.1) is 17.0 Å². The van der Waals surface area contributed by atoms with Crippen LogP contribution in [0.2, 0.25) is 0 Å². The molecule has 156 valence electrons. The van der Waals surface area contributed by atoms with E-state index in [1.54, 1.807) is 37.4 Å². The molecule has 2 aromatic heterocycles. The average Bonchev–Trinajstić information content (AvgIpc) is 3.36. The predicted molar refractivity (Wildman–Crippen MR) is 110 cm³/mol. The second-order valence-electron chi connectivity index (χ2n) is 6.12. The maximum atomic E-state index is 12.4. The van der Waals surface area contributed by atoms with E-state index in [0.29, 0.717) is 11.3 Å². The van der Waals surface area contributed by atoms with Crippen molar-refractivity contribution in [3.05, 3.63) is 63.2 Å². The lowest BCUT2D eigenvalue weighted by Crippen LogP contribution is -2.21. The Balaban J connectivity index is 1.78. The van der Waals surface area contributed by atoms with Gasteiger partial charge in [-0.25, -0.2) is 4.79 Å². The highest BCUT2D eigenvalue weighted by Crippen LogP contribution is 2.36. The maximum absolute atomic E-state index is 12.4. The van der Waals surface area contributed by atoms with Gasteiger partial charge < -0.3 is 19.2 Å². The summed E-state index contributed by atoms with van der Waals surface area (Å²) in [6, 6.07) is 7.75. The molecule has 1 N–H and O–H groups in total. The van der Waals surface area contributed by atoms with Crippen molar-refractivity contribution in [1.82, 2.24) is 0 Å². The number of esters is 1. The van der Waals surface area contributed by atoms with Crippen molar-refractivity contribution in [1.29, 1.82) is 0 Å². The van der Waals surface area contributed by atoms with Gasteiger partial charge in [-0.2, -0.15) is 0 Å². The first-order chi connectivity index (χ1) is 14.4. The van der Waals surface area contributed by atoms with Gasteiger partial charge in [0.2, 0.25) is 0 Å². The first kappa shape index (κ1) is 21.1. The van der Waals surface area contributed by atoms with Crippen molar-refractivity contribution in [2.24, 2.45) is 0 Å². The molecule has 0 fully saturated rings. The van der Waals surface area contributed by atoms with Crippen LogP contribution >= 0.6 is 11.3 Å². The largest absolute Gasteiger partial charge is 0.477 e. The summed E-state index contributed by atoms with van der Waals surface area (Å²) >= 11 is 1.13. The van der Waals surface area contributed by atoms with Crippen LogP contribution in [0.4, 0.5) is 10.7 Å². The molecule has 0 aliphatic heterocycles. The zero-order valence-corrected chi connectivity index (χ0v) is 17.0. The quantitative estimate of drug-likeness (QED) is 0.319. The molecule has 2 heterocycles. The van der Waals surface area contributed by atoms with Crippen LogP contribution in [-0.4, -0.2) is 30.0 Å². The molecule has 30 heavy (non-hydrogen) atoms. The van der Waals surface area contributed by atoms with Gasteiger partial charge in [-0.15, -0.1) is 11.3 Å². The molecule has 3 aromatic rings. The fraction of sp³-hybridized carbons (Fsp3) is 0.200. The number of thiophene rings is 1. The van der Waals surface area contributed by atoms with E-state index in [9.17, 15) is 19.7 Å². The van der Waals surface area contributed by atoms with E-state index in [1.165, 1.54) is 18.4 Å². The lowest BCUT2D eigenvalue weighted by molar-refractivity contribution is -0.385. The summed E-state index contributed by atoms with van der Waals surface area (Å²) in [5.41, 5.74) is 1.18. The van der Waals surface area contributed by atoms with Gasteiger partial charge in [0, 0.05) is 17.0 Å². The topological polar surface area (TPSA) is 121 Å². The summed E-state index contributed by atoms with van der Waals surface area (Å²) in [6.45, 7) is 3.13. The summed E-state index contributed by atoms with van der Waals surface area (Å²) in [5.74, 6) is -0.732. The molecule has 0 unspecified atom stereocenters. The van der Waals surface area contributed by atoms with Gasteiger partial charge in [0.1, 0.15) is 16.3 Å². The Labute approximate surface area is 175 Å². The third-order valence-corrected chi connectivity index (χ3v) is 4.88. The van der Waals surface area contributed by atoms with Gasteiger partial charge in [0.15, 0.2) is 12.4 Å². The fourth-order valence-electron chi connectivity index (χ4n) is 2.66. The zero-order chi connectivity index (χ0) is 21.7. The fourth-order valence-corrected chi connectivity index (χ4v) is 3.62. The van der Waals surface area contributed by atoms with Crippen molar-refractivity contribution < 1.29 is 28.4 Å². The number of nitrogens with zero attached hydrogens (tertiary/aromatic N) is 1. The van der Waals surface area contributed by atoms with E-state index in [4.69, 9.17) is 13.9 Å². The number of carbonyl (C=O) groups is 2. The molecular weight excluding hydrogens is 412 g/mol. The first-order valence-electron chi connectivity index (χ1n) is 8.90. The van der Waals surface area contributed by atoms with Crippen LogP contribution in [0.3, 0.4) is 0 Å². The van der Waals surface area contributed by atoms with E-state index < -0.39 is 23.4 Å². The number of hydrogen-bond acceptors (Lipinski definition) is 8. The molecule has 0 saturated heterocycles. The Hall–Kier alpha value is -3.66. The van der Waals surface area contributed by atoms with Crippen molar-refractivity contribution >= 4 is 33.9 Å². The summed E-state index contributed by atoms with van der Waals surface area (Å²) < 4.78 is 15.8. The van der Waals surface area contributed by atoms with Crippen LogP contribution in [0.15, 0.2) is 46.4 Å². The number of nitro groups is 1. The van der Waals surface area contributed by atoms with Crippen LogP contribution in [0.5, 0.6) is 5.75 Å². The first-order valence-corrected chi connectivity index (χ1v) is 9.78. The Bertz CT molecular complexity index is 1070. The van der Waals surface area contributed by atoms with Gasteiger partial charge in [-0.3, -0.25) is 14.9 Å². The molecule has 3 rings (SSSR count). The van der Waals surface area contributed by atoms with Crippen LogP contribution in [0.25, 0.3) is 11.3 Å². The van der Waals surface area contributed by atoms with Crippen molar-refractivity contribution in [3.63, 3.8) is 0 Å². The van der Waals surface area contributed by atoms with Crippen molar-refractivity contribution in [2.45, 2.75) is 13.8 Å². The lowest BCUT2D eigenvalue weighted by atomic mass is 10.1. The molecule has 0 radical (unpaired) electrons. The highest BCUT2D eigenvalue weighted by molar-refractivity contribution is 7.15. The number of nitrogens with one attached hydrogen (secondary N) is 1. The minimum Gasteiger partial charge on any atom is -0.477 e. The highest BCUT2D eigenvalue weighted by atomic mass is 32.1. The second kappa shape index (κ2) is 9.23. The molecule has 10 heteroatoms. The smallest absolute Gasteiger partial charge is 0.341 e. The van der Waals surface area contributed by atoms with E-state index in [0.717, 1.165) is 16.9 Å². The van der Waals surface area contributed by atoms with Gasteiger partial charge in [0.25, 0.3) is 5.91 Å². The minimum absolute atomic E-state index is 0.0109. The van der Waals surface area contributed by atoms with Gasteiger partial charge in [-0.05, 0) is 37.6 Å². The lowest BCUT2D eigenvalue weighted by Gasteiger charge is -2.09. The Kier molecular flexibility index (Phi) is 6.48. The molecule has 0 bridgehead atoms. The monoisotopic (exact) mass is 430 g/mol. The number of rotatable bonds is 8. The number of anilines is 1. The van der Waals surface area contributed by atoms with E-state index in [-0.39, 0.29) is 28.6 Å². The number of furan rings is 1. The zero-order valence-electron chi connectivity index (χ0n) is 16.2. The average molecular weight is 430 g/mol. The molecule has 0 aliphatic rings. The van der Waals surface area contributed by atoms with Crippen LogP contribution < -0.4 is 10.1 Å². The SMILES string of the molecule is CCOC(=O)c1c(-c2ccco2)csc1NC(=O)COc1cc(C)ccc1[N+](=O)[O-]. The Morgan fingerprint density at radius 1 is 1.30 bits per heavy atom. The Morgan fingerprint density at radius 3 is 2.77 bits per heavy atom. The molecule has 1 aromatic carbocycles. The molecule has 0 spiro atoms. The number of aryl methyl sites for hydroxylation is 1. The van der Waals surface area contributed by atoms with E-state index in [2.05, 4.69) is 5.32 Å².